The maximum absolute atomic E-state index is 13.3. The zero-order valence-corrected chi connectivity index (χ0v) is 11.5. The first-order valence-electron chi connectivity index (χ1n) is 5.75. The molecule has 1 amide bonds. The molecule has 1 aromatic heterocycles. The van der Waals surface area contributed by atoms with Gasteiger partial charge in [-0.15, -0.1) is 0 Å². The van der Waals surface area contributed by atoms with Crippen molar-refractivity contribution < 1.29 is 14.1 Å². The number of halogens is 2. The lowest BCUT2D eigenvalue weighted by Gasteiger charge is -2.07. The first-order chi connectivity index (χ1) is 9.86. The molecule has 0 aliphatic carbocycles. The number of nitrogens with zero attached hydrogens (tertiary/aromatic N) is 2. The number of hydrogen-bond donors (Lipinski definition) is 1. The van der Waals surface area contributed by atoms with E-state index in [9.17, 15) is 19.3 Å². The number of aryl methyl sites for hydroxylation is 1. The van der Waals surface area contributed by atoms with E-state index < -0.39 is 22.3 Å². The second-order valence-corrected chi connectivity index (χ2v) is 4.62. The van der Waals surface area contributed by atoms with Crippen molar-refractivity contribution >= 4 is 28.9 Å². The molecule has 0 unspecified atom stereocenters. The summed E-state index contributed by atoms with van der Waals surface area (Å²) in [6.07, 6.45) is 1.52. The number of carbonyl (C=O) groups is 1. The Labute approximate surface area is 123 Å². The second kappa shape index (κ2) is 5.84. The molecule has 0 aliphatic rings. The largest absolute Gasteiger partial charge is 0.319 e. The molecule has 1 N–H and O–H groups in total. The van der Waals surface area contributed by atoms with Gasteiger partial charge in [-0.1, -0.05) is 11.6 Å². The fourth-order valence-corrected chi connectivity index (χ4v) is 1.80. The summed E-state index contributed by atoms with van der Waals surface area (Å²) >= 11 is 5.83. The van der Waals surface area contributed by atoms with Crippen LogP contribution < -0.4 is 5.32 Å². The summed E-state index contributed by atoms with van der Waals surface area (Å²) in [6.45, 7) is 1.76. The molecule has 0 bridgehead atoms. The lowest BCUT2D eigenvalue weighted by atomic mass is 10.1. The summed E-state index contributed by atoms with van der Waals surface area (Å²) in [6, 6.07) is 4.20. The average molecular weight is 310 g/mol. The number of hydrogen-bond acceptors (Lipinski definition) is 4. The predicted molar refractivity (Wildman–Crippen MR) is 75.0 cm³/mol. The van der Waals surface area contributed by atoms with Crippen LogP contribution in [0.25, 0.3) is 0 Å². The summed E-state index contributed by atoms with van der Waals surface area (Å²) in [5, 5.41) is 13.2. The third-order valence-electron chi connectivity index (χ3n) is 2.58. The third kappa shape index (κ3) is 3.51. The van der Waals surface area contributed by atoms with E-state index in [0.29, 0.717) is 0 Å². The number of rotatable bonds is 3. The number of anilines is 1. The number of aromatic nitrogens is 1. The zero-order chi connectivity index (χ0) is 15.6. The van der Waals surface area contributed by atoms with Gasteiger partial charge >= 0.3 is 0 Å². The van der Waals surface area contributed by atoms with Gasteiger partial charge in [-0.3, -0.25) is 14.9 Å². The molecular formula is C13H9ClFN3O3. The Morgan fingerprint density at radius 1 is 1.38 bits per heavy atom. The van der Waals surface area contributed by atoms with Crippen LogP contribution in [0, 0.1) is 22.9 Å². The summed E-state index contributed by atoms with van der Waals surface area (Å²) in [5.41, 5.74) is 0.321. The van der Waals surface area contributed by atoms with Gasteiger partial charge in [-0.25, -0.2) is 9.37 Å². The van der Waals surface area contributed by atoms with Gasteiger partial charge in [0.1, 0.15) is 5.82 Å². The van der Waals surface area contributed by atoms with Gasteiger partial charge < -0.3 is 5.32 Å². The van der Waals surface area contributed by atoms with Crippen LogP contribution in [-0.4, -0.2) is 15.8 Å². The quantitative estimate of drug-likeness (QED) is 0.535. The molecule has 0 aliphatic heterocycles. The summed E-state index contributed by atoms with van der Waals surface area (Å²) in [5.74, 6) is -1.59. The Morgan fingerprint density at radius 3 is 2.76 bits per heavy atom. The molecule has 2 aromatic rings. The van der Waals surface area contributed by atoms with E-state index in [0.717, 1.165) is 23.8 Å². The van der Waals surface area contributed by atoms with Crippen molar-refractivity contribution in [3.63, 3.8) is 0 Å². The summed E-state index contributed by atoms with van der Waals surface area (Å²) in [4.78, 5) is 25.8. The molecule has 0 fully saturated rings. The maximum Gasteiger partial charge on any atom is 0.273 e. The minimum absolute atomic E-state index is 0.0693. The van der Waals surface area contributed by atoms with Gasteiger partial charge in [-0.2, -0.15) is 0 Å². The number of pyridine rings is 1. The lowest BCUT2D eigenvalue weighted by Crippen LogP contribution is -2.13. The van der Waals surface area contributed by atoms with Crippen LogP contribution in [0.15, 0.2) is 30.5 Å². The van der Waals surface area contributed by atoms with Gasteiger partial charge in [0.2, 0.25) is 0 Å². The molecule has 0 atom stereocenters. The molecule has 0 radical (unpaired) electrons. The van der Waals surface area contributed by atoms with E-state index >= 15 is 0 Å². The summed E-state index contributed by atoms with van der Waals surface area (Å²) in [7, 11) is 0. The van der Waals surface area contributed by atoms with Gasteiger partial charge in [0.05, 0.1) is 16.7 Å². The summed E-state index contributed by atoms with van der Waals surface area (Å²) < 4.78 is 13.3. The smallest absolute Gasteiger partial charge is 0.273 e. The fraction of sp³-hybridized carbons (Fsp3) is 0.0769. The standard InChI is InChI=1S/C13H9ClFN3O3/c1-7-2-11(12(14)16-6-7)17-13(19)8-3-9(15)5-10(4-8)18(20)21/h2-6H,1H3,(H,17,19). The Bertz CT molecular complexity index is 737. The van der Waals surface area contributed by atoms with Gasteiger partial charge in [0.15, 0.2) is 5.15 Å². The Balaban J connectivity index is 2.32. The van der Waals surface area contributed by atoms with E-state index in [1.165, 1.54) is 6.20 Å². The molecule has 0 saturated heterocycles. The highest BCUT2D eigenvalue weighted by molar-refractivity contribution is 6.32. The molecule has 6 nitrogen and oxygen atoms in total. The Kier molecular flexibility index (Phi) is 4.13. The van der Waals surface area contributed by atoms with Crippen LogP contribution in [0.1, 0.15) is 15.9 Å². The molecule has 0 saturated carbocycles. The van der Waals surface area contributed by atoms with E-state index in [-0.39, 0.29) is 16.4 Å². The molecule has 8 heteroatoms. The SMILES string of the molecule is Cc1cnc(Cl)c(NC(=O)c2cc(F)cc([N+](=O)[O-])c2)c1. The number of carbonyl (C=O) groups excluding carboxylic acids is 1. The van der Waals surface area contributed by atoms with E-state index in [1.54, 1.807) is 13.0 Å². The Morgan fingerprint density at radius 2 is 2.10 bits per heavy atom. The average Bonchev–Trinajstić information content (AvgIpc) is 2.42. The number of nitrogens with one attached hydrogen (secondary N) is 1. The van der Waals surface area contributed by atoms with Crippen molar-refractivity contribution in [2.75, 3.05) is 5.32 Å². The number of nitro benzene ring substituents is 1. The van der Waals surface area contributed by atoms with Crippen molar-refractivity contribution in [1.82, 2.24) is 4.98 Å². The number of benzene rings is 1. The predicted octanol–water partition coefficient (Wildman–Crippen LogP) is 3.34. The van der Waals surface area contributed by atoms with Crippen LogP contribution in [0.5, 0.6) is 0 Å². The van der Waals surface area contributed by atoms with Crippen molar-refractivity contribution in [2.24, 2.45) is 0 Å². The van der Waals surface area contributed by atoms with Crippen molar-refractivity contribution in [3.8, 4) is 0 Å². The minimum Gasteiger partial charge on any atom is -0.319 e. The van der Waals surface area contributed by atoms with Crippen molar-refractivity contribution in [3.05, 3.63) is 62.7 Å². The zero-order valence-electron chi connectivity index (χ0n) is 10.8. The van der Waals surface area contributed by atoms with Crippen LogP contribution >= 0.6 is 11.6 Å². The first-order valence-corrected chi connectivity index (χ1v) is 6.13. The van der Waals surface area contributed by atoms with Gasteiger partial charge in [-0.05, 0) is 24.6 Å². The molecule has 2 rings (SSSR count). The Hall–Kier alpha value is -2.54. The fourth-order valence-electron chi connectivity index (χ4n) is 1.65. The van der Waals surface area contributed by atoms with Crippen molar-refractivity contribution in [2.45, 2.75) is 6.92 Å². The van der Waals surface area contributed by atoms with Crippen LogP contribution in [0.4, 0.5) is 15.8 Å². The molecule has 1 heterocycles. The van der Waals surface area contributed by atoms with Crippen LogP contribution in [-0.2, 0) is 0 Å². The lowest BCUT2D eigenvalue weighted by molar-refractivity contribution is -0.385. The van der Waals surface area contributed by atoms with E-state index in [2.05, 4.69) is 10.3 Å². The number of non-ortho nitro benzene ring substituents is 1. The topological polar surface area (TPSA) is 85.1 Å². The minimum atomic E-state index is -0.872. The first kappa shape index (κ1) is 14.9. The number of amides is 1. The normalized spacial score (nSPS) is 10.2. The highest BCUT2D eigenvalue weighted by Gasteiger charge is 2.16. The molecule has 1 aromatic carbocycles. The van der Waals surface area contributed by atoms with Gasteiger partial charge in [0, 0.05) is 17.8 Å². The number of nitro groups is 1. The van der Waals surface area contributed by atoms with Crippen LogP contribution in [0.3, 0.4) is 0 Å². The van der Waals surface area contributed by atoms with E-state index in [1.807, 2.05) is 0 Å². The van der Waals surface area contributed by atoms with Crippen LogP contribution in [0.2, 0.25) is 5.15 Å². The van der Waals surface area contributed by atoms with Crippen molar-refractivity contribution in [1.29, 1.82) is 0 Å². The van der Waals surface area contributed by atoms with E-state index in [4.69, 9.17) is 11.6 Å². The monoisotopic (exact) mass is 309 g/mol. The molecular weight excluding hydrogens is 301 g/mol. The maximum atomic E-state index is 13.3. The van der Waals surface area contributed by atoms with Gasteiger partial charge in [0.25, 0.3) is 11.6 Å². The molecule has 0 spiro atoms. The third-order valence-corrected chi connectivity index (χ3v) is 2.88. The molecule has 108 valence electrons. The highest BCUT2D eigenvalue weighted by atomic mass is 35.5. The second-order valence-electron chi connectivity index (χ2n) is 4.26. The molecule has 21 heavy (non-hydrogen) atoms. The highest BCUT2D eigenvalue weighted by Crippen LogP contribution is 2.22.